The van der Waals surface area contributed by atoms with Gasteiger partial charge in [0.1, 0.15) is 5.75 Å². The van der Waals surface area contributed by atoms with Crippen molar-refractivity contribution in [1.29, 1.82) is 0 Å². The zero-order valence-electron chi connectivity index (χ0n) is 9.49. The summed E-state index contributed by atoms with van der Waals surface area (Å²) in [5.74, 6) is 0.490. The van der Waals surface area contributed by atoms with Crippen LogP contribution in [0.4, 0.5) is 0 Å². The van der Waals surface area contributed by atoms with E-state index in [2.05, 4.69) is 15.5 Å². The molecule has 0 radical (unpaired) electrons. The molecular formula is C10H10N4O2S2. The maximum absolute atomic E-state index is 11.4. The normalized spacial score (nSPS) is 10.3. The van der Waals surface area contributed by atoms with E-state index in [1.54, 1.807) is 18.2 Å². The Bertz CT molecular complexity index is 608. The molecule has 18 heavy (non-hydrogen) atoms. The molecule has 6 nitrogen and oxygen atoms in total. The maximum atomic E-state index is 11.4. The van der Waals surface area contributed by atoms with E-state index < -0.39 is 0 Å². The molecule has 1 aromatic heterocycles. The van der Waals surface area contributed by atoms with Crippen molar-refractivity contribution in [1.82, 2.24) is 20.2 Å². The number of hydrogen-bond acceptors (Lipinski definition) is 6. The molecule has 0 aliphatic heterocycles. The standard InChI is InChI=1S/C10H10N4O2S2/c1-18-6-9(15)16-8-4-2-3-7(5-8)14-10(17)11-12-13-14/h2-5H,6H2,1H3,(H,11,13,17). The lowest BCUT2D eigenvalue weighted by molar-refractivity contribution is -0.131. The molecule has 2 rings (SSSR count). The number of carbonyl (C=O) groups excluding carboxylic acids is 1. The van der Waals surface area contributed by atoms with Crippen molar-refractivity contribution in [2.45, 2.75) is 0 Å². The van der Waals surface area contributed by atoms with Gasteiger partial charge >= 0.3 is 5.97 Å². The van der Waals surface area contributed by atoms with Crippen molar-refractivity contribution in [2.24, 2.45) is 0 Å². The Hall–Kier alpha value is -1.67. The van der Waals surface area contributed by atoms with Gasteiger partial charge in [0.25, 0.3) is 0 Å². The second kappa shape index (κ2) is 5.78. The fraction of sp³-hybridized carbons (Fsp3) is 0.200. The highest BCUT2D eigenvalue weighted by molar-refractivity contribution is 7.99. The zero-order valence-corrected chi connectivity index (χ0v) is 11.1. The lowest BCUT2D eigenvalue weighted by Crippen LogP contribution is -2.10. The smallest absolute Gasteiger partial charge is 0.321 e. The van der Waals surface area contributed by atoms with Crippen LogP contribution in [0, 0.1) is 4.77 Å². The predicted octanol–water partition coefficient (Wildman–Crippen LogP) is 1.59. The summed E-state index contributed by atoms with van der Waals surface area (Å²) in [4.78, 5) is 11.4. The molecule has 0 aliphatic rings. The SMILES string of the molecule is CSCC(=O)Oc1cccc(-n2[nH]nnc2=S)c1. The molecule has 0 saturated heterocycles. The van der Waals surface area contributed by atoms with Crippen LogP contribution in [0.2, 0.25) is 0 Å². The van der Waals surface area contributed by atoms with Gasteiger partial charge in [-0.2, -0.15) is 17.0 Å². The molecule has 2 aromatic rings. The van der Waals surface area contributed by atoms with Crippen LogP contribution in [0.3, 0.4) is 0 Å². The Balaban J connectivity index is 2.23. The molecule has 0 amide bonds. The number of tetrazole rings is 1. The lowest BCUT2D eigenvalue weighted by Gasteiger charge is -2.05. The molecule has 0 spiro atoms. The number of nitrogens with zero attached hydrogens (tertiary/aromatic N) is 3. The average molecular weight is 282 g/mol. The number of thioether (sulfide) groups is 1. The van der Waals surface area contributed by atoms with Crippen LogP contribution >= 0.6 is 24.0 Å². The monoisotopic (exact) mass is 282 g/mol. The van der Waals surface area contributed by atoms with Crippen molar-refractivity contribution >= 4 is 29.9 Å². The number of aromatic amines is 1. The Morgan fingerprint density at radius 2 is 2.44 bits per heavy atom. The van der Waals surface area contributed by atoms with Crippen molar-refractivity contribution in [3.63, 3.8) is 0 Å². The first-order chi connectivity index (χ1) is 8.70. The van der Waals surface area contributed by atoms with Crippen molar-refractivity contribution in [2.75, 3.05) is 12.0 Å². The van der Waals surface area contributed by atoms with E-state index in [4.69, 9.17) is 17.0 Å². The highest BCUT2D eigenvalue weighted by atomic mass is 32.2. The van der Waals surface area contributed by atoms with Crippen LogP contribution in [0.25, 0.3) is 5.69 Å². The summed E-state index contributed by atoms with van der Waals surface area (Å²) in [6, 6.07) is 6.96. The third-order valence-corrected chi connectivity index (χ3v) is 2.83. The lowest BCUT2D eigenvalue weighted by atomic mass is 10.3. The van der Waals surface area contributed by atoms with Crippen molar-refractivity contribution in [3.8, 4) is 11.4 Å². The van der Waals surface area contributed by atoms with Crippen LogP contribution < -0.4 is 4.74 Å². The summed E-state index contributed by atoms with van der Waals surface area (Å²) in [6.45, 7) is 0. The highest BCUT2D eigenvalue weighted by Gasteiger charge is 2.06. The van der Waals surface area contributed by atoms with Crippen LogP contribution in [0.5, 0.6) is 5.75 Å². The molecule has 0 saturated carbocycles. The average Bonchev–Trinajstić information content (AvgIpc) is 2.76. The molecule has 94 valence electrons. The van der Waals surface area contributed by atoms with Gasteiger partial charge in [-0.15, -0.1) is 0 Å². The Morgan fingerprint density at radius 1 is 1.61 bits per heavy atom. The second-order valence-corrected chi connectivity index (χ2v) is 4.55. The van der Waals surface area contributed by atoms with E-state index >= 15 is 0 Å². The minimum atomic E-state index is -0.286. The summed E-state index contributed by atoms with van der Waals surface area (Å²) in [5.41, 5.74) is 0.708. The minimum Gasteiger partial charge on any atom is -0.426 e. The summed E-state index contributed by atoms with van der Waals surface area (Å²) in [7, 11) is 0. The number of ether oxygens (including phenoxy) is 1. The van der Waals surface area contributed by atoms with Crippen LogP contribution in [0.1, 0.15) is 0 Å². The van der Waals surface area contributed by atoms with E-state index in [1.165, 1.54) is 16.4 Å². The molecule has 1 heterocycles. The summed E-state index contributed by atoms with van der Waals surface area (Å²) in [5, 5.41) is 9.90. The predicted molar refractivity (Wildman–Crippen MR) is 70.6 cm³/mol. The maximum Gasteiger partial charge on any atom is 0.321 e. The molecule has 0 fully saturated rings. The molecule has 0 aliphatic carbocycles. The first-order valence-corrected chi connectivity index (χ1v) is 6.81. The summed E-state index contributed by atoms with van der Waals surface area (Å²) >= 11 is 6.40. The van der Waals surface area contributed by atoms with Gasteiger partial charge in [0.05, 0.1) is 11.4 Å². The molecule has 1 aromatic carbocycles. The minimum absolute atomic E-state index is 0.286. The second-order valence-electron chi connectivity index (χ2n) is 3.32. The van der Waals surface area contributed by atoms with Gasteiger partial charge in [-0.25, -0.2) is 4.68 Å². The first kappa shape index (κ1) is 12.8. The van der Waals surface area contributed by atoms with E-state index in [0.29, 0.717) is 22.0 Å². The Labute approximate surface area is 112 Å². The molecular weight excluding hydrogens is 272 g/mol. The van der Waals surface area contributed by atoms with Gasteiger partial charge in [0.15, 0.2) is 0 Å². The number of esters is 1. The van der Waals surface area contributed by atoms with Crippen molar-refractivity contribution < 1.29 is 9.53 Å². The van der Waals surface area contributed by atoms with E-state index in [9.17, 15) is 4.79 Å². The molecule has 0 bridgehead atoms. The van der Waals surface area contributed by atoms with E-state index in [1.807, 2.05) is 12.3 Å². The highest BCUT2D eigenvalue weighted by Crippen LogP contribution is 2.16. The fourth-order valence-corrected chi connectivity index (χ4v) is 1.81. The van der Waals surface area contributed by atoms with Crippen LogP contribution in [-0.4, -0.2) is 38.2 Å². The molecule has 8 heteroatoms. The van der Waals surface area contributed by atoms with Crippen LogP contribution in [0.15, 0.2) is 24.3 Å². The fourth-order valence-electron chi connectivity index (χ4n) is 1.33. The molecule has 0 unspecified atom stereocenters. The number of nitrogens with one attached hydrogen (secondary N) is 1. The van der Waals surface area contributed by atoms with Crippen molar-refractivity contribution in [3.05, 3.63) is 29.0 Å². The van der Waals surface area contributed by atoms with Gasteiger partial charge in [-0.3, -0.25) is 4.79 Å². The summed E-state index contributed by atoms with van der Waals surface area (Å²) in [6.07, 6.45) is 1.84. The number of H-pyrrole nitrogens is 1. The van der Waals surface area contributed by atoms with E-state index in [0.717, 1.165) is 0 Å². The van der Waals surface area contributed by atoms with Gasteiger partial charge < -0.3 is 4.74 Å². The quantitative estimate of drug-likeness (QED) is 0.521. The number of benzene rings is 1. The number of aromatic nitrogens is 4. The number of hydrogen-bond donors (Lipinski definition) is 1. The summed E-state index contributed by atoms with van der Waals surface area (Å²) < 4.78 is 6.99. The molecule has 1 N–H and O–H groups in total. The largest absolute Gasteiger partial charge is 0.426 e. The third kappa shape index (κ3) is 2.96. The van der Waals surface area contributed by atoms with Gasteiger partial charge in [0, 0.05) is 6.07 Å². The van der Waals surface area contributed by atoms with Crippen LogP contribution in [-0.2, 0) is 4.79 Å². The number of rotatable bonds is 4. The van der Waals surface area contributed by atoms with Gasteiger partial charge in [-0.1, -0.05) is 16.4 Å². The topological polar surface area (TPSA) is 72.8 Å². The zero-order chi connectivity index (χ0) is 13.0. The molecule has 0 atom stereocenters. The Kier molecular flexibility index (Phi) is 4.11. The number of carbonyl (C=O) groups is 1. The third-order valence-electron chi connectivity index (χ3n) is 2.04. The van der Waals surface area contributed by atoms with E-state index in [-0.39, 0.29) is 5.97 Å². The Morgan fingerprint density at radius 3 is 3.11 bits per heavy atom. The van der Waals surface area contributed by atoms with Gasteiger partial charge in [0.2, 0.25) is 4.77 Å². The first-order valence-electron chi connectivity index (χ1n) is 5.01. The van der Waals surface area contributed by atoms with Gasteiger partial charge in [-0.05, 0) is 30.6 Å².